The Morgan fingerprint density at radius 1 is 1.33 bits per heavy atom. The second-order valence-electron chi connectivity index (χ2n) is 4.27. The van der Waals surface area contributed by atoms with Crippen molar-refractivity contribution in [2.45, 2.75) is 26.8 Å². The summed E-state index contributed by atoms with van der Waals surface area (Å²) in [7, 11) is 0. The molecule has 0 aliphatic heterocycles. The van der Waals surface area contributed by atoms with Gasteiger partial charge in [0.25, 0.3) is 5.91 Å². The van der Waals surface area contributed by atoms with Crippen LogP contribution in [0, 0.1) is 13.8 Å². The average molecular weight is 280 g/mol. The molecule has 2 rings (SSSR count). The number of carbonyl (C=O) groups excluding carboxylic acids is 1. The van der Waals surface area contributed by atoms with Crippen LogP contribution < -0.4 is 11.1 Å². The molecule has 1 unspecified atom stereocenters. The summed E-state index contributed by atoms with van der Waals surface area (Å²) in [6.45, 7) is 5.97. The molecule has 5 heteroatoms. The quantitative estimate of drug-likeness (QED) is 0.904. The summed E-state index contributed by atoms with van der Waals surface area (Å²) in [5.74, 6) is -0.0571. The van der Waals surface area contributed by atoms with Gasteiger partial charge in [-0.25, -0.2) is 0 Å². The van der Waals surface area contributed by atoms with Gasteiger partial charge in [-0.15, -0.1) is 22.7 Å². The summed E-state index contributed by atoms with van der Waals surface area (Å²) in [5, 5.41) is 2.99. The number of amides is 1. The zero-order valence-electron chi connectivity index (χ0n) is 10.6. The molecule has 0 saturated heterocycles. The van der Waals surface area contributed by atoms with Crippen molar-refractivity contribution in [3.63, 3.8) is 0 Å². The second-order valence-corrected chi connectivity index (χ2v) is 6.84. The summed E-state index contributed by atoms with van der Waals surface area (Å²) in [6, 6.07) is 5.89. The highest BCUT2D eigenvalue weighted by Crippen LogP contribution is 2.26. The van der Waals surface area contributed by atoms with E-state index in [1.54, 1.807) is 17.4 Å². The van der Waals surface area contributed by atoms with Gasteiger partial charge < -0.3 is 11.1 Å². The molecular formula is C13H16N2OS2. The zero-order valence-corrected chi connectivity index (χ0v) is 12.2. The van der Waals surface area contributed by atoms with Crippen LogP contribution in [-0.2, 0) is 0 Å². The minimum atomic E-state index is -0.0571. The van der Waals surface area contributed by atoms with Crippen LogP contribution in [0.4, 0.5) is 5.69 Å². The van der Waals surface area contributed by atoms with Crippen LogP contribution in [0.25, 0.3) is 0 Å². The van der Waals surface area contributed by atoms with Crippen molar-refractivity contribution >= 4 is 34.3 Å². The maximum atomic E-state index is 12.0. The van der Waals surface area contributed by atoms with Gasteiger partial charge in [0.15, 0.2) is 0 Å². The fourth-order valence-electron chi connectivity index (χ4n) is 1.63. The molecular weight excluding hydrogens is 264 g/mol. The minimum Gasteiger partial charge on any atom is -0.398 e. The van der Waals surface area contributed by atoms with Gasteiger partial charge in [-0.2, -0.15) is 0 Å². The SMILES string of the molecule is Cc1ccc(C(C)NC(=O)c2cc(N)c(C)s2)s1. The molecule has 18 heavy (non-hydrogen) atoms. The van der Waals surface area contributed by atoms with Crippen molar-refractivity contribution in [1.29, 1.82) is 0 Å². The lowest BCUT2D eigenvalue weighted by atomic mass is 10.2. The van der Waals surface area contributed by atoms with E-state index in [-0.39, 0.29) is 11.9 Å². The minimum absolute atomic E-state index is 0.0276. The number of anilines is 1. The van der Waals surface area contributed by atoms with Gasteiger partial charge in [-0.05, 0) is 39.0 Å². The van der Waals surface area contributed by atoms with E-state index >= 15 is 0 Å². The Morgan fingerprint density at radius 2 is 2.06 bits per heavy atom. The Balaban J connectivity index is 2.07. The van der Waals surface area contributed by atoms with Gasteiger partial charge >= 0.3 is 0 Å². The molecule has 2 aromatic heterocycles. The highest BCUT2D eigenvalue weighted by atomic mass is 32.1. The van der Waals surface area contributed by atoms with Crippen LogP contribution >= 0.6 is 22.7 Å². The number of nitrogen functional groups attached to an aromatic ring is 1. The smallest absolute Gasteiger partial charge is 0.261 e. The zero-order chi connectivity index (χ0) is 13.3. The molecule has 0 radical (unpaired) electrons. The molecule has 2 aromatic rings. The number of rotatable bonds is 3. The summed E-state index contributed by atoms with van der Waals surface area (Å²) in [5.41, 5.74) is 6.44. The Labute approximate surface area is 115 Å². The van der Waals surface area contributed by atoms with E-state index in [9.17, 15) is 4.79 Å². The standard InChI is InChI=1S/C13H16N2OS2/c1-7-4-5-11(17-7)8(2)15-13(16)12-6-10(14)9(3)18-12/h4-6,8H,14H2,1-3H3,(H,15,16). The molecule has 1 atom stereocenters. The van der Waals surface area contributed by atoms with Crippen LogP contribution in [0.1, 0.15) is 37.3 Å². The highest BCUT2D eigenvalue weighted by Gasteiger charge is 2.15. The van der Waals surface area contributed by atoms with Crippen molar-refractivity contribution in [2.24, 2.45) is 0 Å². The highest BCUT2D eigenvalue weighted by molar-refractivity contribution is 7.14. The molecule has 2 heterocycles. The van der Waals surface area contributed by atoms with Crippen molar-refractivity contribution in [2.75, 3.05) is 5.73 Å². The molecule has 3 nitrogen and oxygen atoms in total. The number of carbonyl (C=O) groups is 1. The molecule has 1 amide bonds. The van der Waals surface area contributed by atoms with E-state index in [0.29, 0.717) is 10.6 Å². The molecule has 0 spiro atoms. The normalized spacial score (nSPS) is 12.4. The number of thiophene rings is 2. The van der Waals surface area contributed by atoms with Crippen LogP contribution in [0.2, 0.25) is 0 Å². The first-order valence-electron chi connectivity index (χ1n) is 5.70. The van der Waals surface area contributed by atoms with E-state index in [1.807, 2.05) is 13.8 Å². The third-order valence-electron chi connectivity index (χ3n) is 2.72. The van der Waals surface area contributed by atoms with Gasteiger partial charge in [0.1, 0.15) is 0 Å². The topological polar surface area (TPSA) is 55.1 Å². The van der Waals surface area contributed by atoms with Crippen LogP contribution in [0.3, 0.4) is 0 Å². The number of aryl methyl sites for hydroxylation is 2. The van der Waals surface area contributed by atoms with E-state index < -0.39 is 0 Å². The van der Waals surface area contributed by atoms with E-state index in [1.165, 1.54) is 21.1 Å². The summed E-state index contributed by atoms with van der Waals surface area (Å²) >= 11 is 3.14. The molecule has 0 bridgehead atoms. The fourth-order valence-corrected chi connectivity index (χ4v) is 3.36. The lowest BCUT2D eigenvalue weighted by molar-refractivity contribution is 0.0944. The molecule has 0 aliphatic carbocycles. The summed E-state index contributed by atoms with van der Waals surface area (Å²) in [4.78, 5) is 16.1. The molecule has 0 aliphatic rings. The predicted octanol–water partition coefficient (Wildman–Crippen LogP) is 3.50. The van der Waals surface area contributed by atoms with Crippen molar-refractivity contribution < 1.29 is 4.79 Å². The molecule has 0 aromatic carbocycles. The van der Waals surface area contributed by atoms with E-state index in [4.69, 9.17) is 5.73 Å². The Hall–Kier alpha value is -1.33. The Bertz CT molecular complexity index is 552. The first kappa shape index (κ1) is 13.1. The number of nitrogens with one attached hydrogen (secondary N) is 1. The monoisotopic (exact) mass is 280 g/mol. The number of hydrogen-bond acceptors (Lipinski definition) is 4. The Kier molecular flexibility index (Phi) is 3.73. The van der Waals surface area contributed by atoms with Crippen molar-refractivity contribution in [1.82, 2.24) is 5.32 Å². The summed E-state index contributed by atoms with van der Waals surface area (Å²) < 4.78 is 0. The van der Waals surface area contributed by atoms with Gasteiger partial charge in [0, 0.05) is 20.3 Å². The molecule has 0 fully saturated rings. The first-order chi connectivity index (χ1) is 8.47. The predicted molar refractivity (Wildman–Crippen MR) is 78.4 cm³/mol. The van der Waals surface area contributed by atoms with Gasteiger partial charge in [-0.1, -0.05) is 0 Å². The lowest BCUT2D eigenvalue weighted by Crippen LogP contribution is -2.25. The van der Waals surface area contributed by atoms with Crippen LogP contribution in [0.5, 0.6) is 0 Å². The molecule has 96 valence electrons. The maximum absolute atomic E-state index is 12.0. The molecule has 3 N–H and O–H groups in total. The van der Waals surface area contributed by atoms with Crippen molar-refractivity contribution in [3.8, 4) is 0 Å². The summed E-state index contributed by atoms with van der Waals surface area (Å²) in [6.07, 6.45) is 0. The second kappa shape index (κ2) is 5.12. The van der Waals surface area contributed by atoms with E-state index in [0.717, 1.165) is 4.88 Å². The van der Waals surface area contributed by atoms with Gasteiger partial charge in [0.2, 0.25) is 0 Å². The van der Waals surface area contributed by atoms with Crippen LogP contribution in [0.15, 0.2) is 18.2 Å². The third kappa shape index (κ3) is 2.73. The average Bonchev–Trinajstić information content (AvgIpc) is 2.86. The lowest BCUT2D eigenvalue weighted by Gasteiger charge is -2.11. The van der Waals surface area contributed by atoms with Crippen molar-refractivity contribution in [3.05, 3.63) is 37.7 Å². The van der Waals surface area contributed by atoms with Crippen LogP contribution in [-0.4, -0.2) is 5.91 Å². The number of nitrogens with two attached hydrogens (primary N) is 1. The van der Waals surface area contributed by atoms with E-state index in [2.05, 4.69) is 24.4 Å². The maximum Gasteiger partial charge on any atom is 0.261 e. The first-order valence-corrected chi connectivity index (χ1v) is 7.34. The molecule has 0 saturated carbocycles. The number of hydrogen-bond donors (Lipinski definition) is 2. The third-order valence-corrected chi connectivity index (χ3v) is 4.96. The fraction of sp³-hybridized carbons (Fsp3) is 0.308. The Morgan fingerprint density at radius 3 is 2.56 bits per heavy atom. The largest absolute Gasteiger partial charge is 0.398 e. The van der Waals surface area contributed by atoms with Gasteiger partial charge in [0.05, 0.1) is 10.9 Å². The van der Waals surface area contributed by atoms with Gasteiger partial charge in [-0.3, -0.25) is 4.79 Å².